The fourth-order valence-corrected chi connectivity index (χ4v) is 3.36. The number of aliphatic imine (C=N–C) groups is 1. The van der Waals surface area contributed by atoms with Crippen LogP contribution in [0.3, 0.4) is 0 Å². The van der Waals surface area contributed by atoms with Crippen LogP contribution in [0, 0.1) is 0 Å². The molecule has 0 aromatic heterocycles. The molecule has 2 aliphatic rings. The maximum Gasteiger partial charge on any atom is 0.410 e. The third-order valence-corrected chi connectivity index (χ3v) is 4.95. The third-order valence-electron chi connectivity index (χ3n) is 4.95. The van der Waals surface area contributed by atoms with Gasteiger partial charge in [-0.2, -0.15) is 0 Å². The molecule has 1 amide bonds. The molecule has 3 rings (SSSR count). The van der Waals surface area contributed by atoms with Crippen molar-refractivity contribution in [1.82, 2.24) is 15.5 Å². The van der Waals surface area contributed by atoms with Crippen molar-refractivity contribution in [2.75, 3.05) is 50.8 Å². The Morgan fingerprint density at radius 3 is 2.47 bits per heavy atom. The molecule has 0 atom stereocenters. The molecule has 0 aliphatic carbocycles. The first-order chi connectivity index (χ1) is 14.3. The molecule has 8 heteroatoms. The molecule has 0 spiro atoms. The van der Waals surface area contributed by atoms with Crippen molar-refractivity contribution in [2.45, 2.75) is 45.9 Å². The number of ether oxygens (including phenoxy) is 2. The number of amides is 1. The molecule has 2 aliphatic heterocycles. The second-order valence-corrected chi connectivity index (χ2v) is 8.69. The number of likely N-dealkylation sites (tertiary alicyclic amines) is 1. The molecule has 0 bridgehead atoms. The van der Waals surface area contributed by atoms with Crippen molar-refractivity contribution in [3.05, 3.63) is 29.8 Å². The lowest BCUT2D eigenvalue weighted by Crippen LogP contribution is -2.63. The number of carbonyl (C=O) groups is 1. The maximum absolute atomic E-state index is 12.1. The van der Waals surface area contributed by atoms with E-state index in [2.05, 4.69) is 39.8 Å². The highest BCUT2D eigenvalue weighted by atomic mass is 16.6. The van der Waals surface area contributed by atoms with E-state index in [4.69, 9.17) is 14.5 Å². The third kappa shape index (κ3) is 6.52. The van der Waals surface area contributed by atoms with Gasteiger partial charge in [-0.25, -0.2) is 9.79 Å². The summed E-state index contributed by atoms with van der Waals surface area (Å²) in [4.78, 5) is 20.8. The van der Waals surface area contributed by atoms with Gasteiger partial charge in [-0.1, -0.05) is 12.1 Å². The summed E-state index contributed by atoms with van der Waals surface area (Å²) in [6, 6.07) is 8.75. The number of hydrogen-bond acceptors (Lipinski definition) is 5. The molecule has 0 saturated carbocycles. The molecule has 8 nitrogen and oxygen atoms in total. The van der Waals surface area contributed by atoms with Gasteiger partial charge in [0.15, 0.2) is 5.96 Å². The molecule has 2 heterocycles. The Hall–Kier alpha value is -2.48. The monoisotopic (exact) mass is 417 g/mol. The number of hydrogen-bond donors (Lipinski definition) is 2. The van der Waals surface area contributed by atoms with E-state index < -0.39 is 5.60 Å². The van der Waals surface area contributed by atoms with Crippen molar-refractivity contribution in [3.8, 4) is 0 Å². The minimum absolute atomic E-state index is 0.180. The van der Waals surface area contributed by atoms with Crippen LogP contribution < -0.4 is 15.5 Å². The molecule has 30 heavy (non-hydrogen) atoms. The van der Waals surface area contributed by atoms with Gasteiger partial charge in [0.25, 0.3) is 0 Å². The van der Waals surface area contributed by atoms with Crippen molar-refractivity contribution in [2.24, 2.45) is 4.99 Å². The molecular weight excluding hydrogens is 382 g/mol. The number of benzene rings is 1. The van der Waals surface area contributed by atoms with Gasteiger partial charge in [-0.15, -0.1) is 0 Å². The smallest absolute Gasteiger partial charge is 0.410 e. The summed E-state index contributed by atoms with van der Waals surface area (Å²) in [6.45, 7) is 13.8. The van der Waals surface area contributed by atoms with E-state index in [9.17, 15) is 4.79 Å². The summed E-state index contributed by atoms with van der Waals surface area (Å²) in [5.41, 5.74) is 1.92. The van der Waals surface area contributed by atoms with Gasteiger partial charge in [0.05, 0.1) is 25.8 Å². The highest BCUT2D eigenvalue weighted by Crippen LogP contribution is 2.17. The van der Waals surface area contributed by atoms with Crippen LogP contribution in [0.1, 0.15) is 33.3 Å². The maximum atomic E-state index is 12.1. The van der Waals surface area contributed by atoms with Crippen LogP contribution in [-0.2, 0) is 16.0 Å². The fraction of sp³-hybridized carbons (Fsp3) is 0.636. The molecule has 2 saturated heterocycles. The Bertz CT molecular complexity index is 717. The quantitative estimate of drug-likeness (QED) is 0.565. The van der Waals surface area contributed by atoms with Gasteiger partial charge < -0.3 is 29.9 Å². The van der Waals surface area contributed by atoms with Crippen LogP contribution in [0.5, 0.6) is 0 Å². The topological polar surface area (TPSA) is 78.4 Å². The van der Waals surface area contributed by atoms with Crippen molar-refractivity contribution < 1.29 is 14.3 Å². The summed E-state index contributed by atoms with van der Waals surface area (Å²) in [5, 5.41) is 6.68. The first-order valence-electron chi connectivity index (χ1n) is 10.8. The highest BCUT2D eigenvalue weighted by Gasteiger charge is 2.34. The van der Waals surface area contributed by atoms with Gasteiger partial charge in [-0.3, -0.25) is 0 Å². The van der Waals surface area contributed by atoms with Crippen molar-refractivity contribution in [3.63, 3.8) is 0 Å². The Kier molecular flexibility index (Phi) is 7.42. The molecular formula is C22H35N5O3. The Morgan fingerprint density at radius 2 is 1.87 bits per heavy atom. The lowest BCUT2D eigenvalue weighted by atomic mass is 10.1. The minimum Gasteiger partial charge on any atom is -0.444 e. The number of rotatable bonds is 5. The summed E-state index contributed by atoms with van der Waals surface area (Å²) < 4.78 is 10.8. The minimum atomic E-state index is -0.469. The highest BCUT2D eigenvalue weighted by molar-refractivity contribution is 5.80. The number of nitrogens with zero attached hydrogens (tertiary/aromatic N) is 3. The number of morpholine rings is 1. The van der Waals surface area contributed by atoms with E-state index in [1.807, 2.05) is 27.7 Å². The average Bonchev–Trinajstić information content (AvgIpc) is 2.68. The summed E-state index contributed by atoms with van der Waals surface area (Å²) in [7, 11) is 0. The van der Waals surface area contributed by atoms with Gasteiger partial charge in [0, 0.05) is 38.4 Å². The Balaban J connectivity index is 1.48. The standard InChI is InChI=1S/C22H35N5O3/c1-5-23-20(25-18-15-27(16-18)21(28)30-22(2,3)4)24-14-17-6-8-19(9-7-17)26-10-12-29-13-11-26/h6-9,18H,5,10-16H2,1-4H3,(H2,23,24,25). The second kappa shape index (κ2) is 10.0. The fourth-order valence-electron chi connectivity index (χ4n) is 3.36. The molecule has 2 N–H and O–H groups in total. The molecule has 0 unspecified atom stereocenters. The lowest BCUT2D eigenvalue weighted by molar-refractivity contribution is 0.00700. The zero-order chi connectivity index (χ0) is 21.6. The average molecular weight is 418 g/mol. The van der Waals surface area contributed by atoms with E-state index in [1.165, 1.54) is 5.69 Å². The normalized spacial score (nSPS) is 18.1. The van der Waals surface area contributed by atoms with Crippen molar-refractivity contribution in [1.29, 1.82) is 0 Å². The van der Waals surface area contributed by atoms with Crippen LogP contribution >= 0.6 is 0 Å². The van der Waals surface area contributed by atoms with Crippen LogP contribution in [0.15, 0.2) is 29.3 Å². The van der Waals surface area contributed by atoms with E-state index >= 15 is 0 Å². The SMILES string of the molecule is CCNC(=NCc1ccc(N2CCOCC2)cc1)NC1CN(C(=O)OC(C)(C)C)C1. The van der Waals surface area contributed by atoms with Crippen molar-refractivity contribution >= 4 is 17.7 Å². The number of guanidine groups is 1. The zero-order valence-electron chi connectivity index (χ0n) is 18.6. The summed E-state index contributed by atoms with van der Waals surface area (Å²) in [5.74, 6) is 0.767. The molecule has 0 radical (unpaired) electrons. The van der Waals surface area contributed by atoms with E-state index in [0.29, 0.717) is 19.6 Å². The summed E-state index contributed by atoms with van der Waals surface area (Å²) in [6.07, 6.45) is -0.261. The molecule has 166 valence electrons. The number of anilines is 1. The van der Waals surface area contributed by atoms with Gasteiger partial charge in [0.2, 0.25) is 0 Å². The first kappa shape index (κ1) is 22.2. The largest absolute Gasteiger partial charge is 0.444 e. The van der Waals surface area contributed by atoms with E-state index in [0.717, 1.165) is 44.4 Å². The van der Waals surface area contributed by atoms with E-state index in [1.54, 1.807) is 4.90 Å². The zero-order valence-corrected chi connectivity index (χ0v) is 18.6. The van der Waals surface area contributed by atoms with Crippen LogP contribution in [0.2, 0.25) is 0 Å². The summed E-state index contributed by atoms with van der Waals surface area (Å²) >= 11 is 0. The van der Waals surface area contributed by atoms with Gasteiger partial charge in [-0.05, 0) is 45.4 Å². The second-order valence-electron chi connectivity index (χ2n) is 8.69. The van der Waals surface area contributed by atoms with E-state index in [-0.39, 0.29) is 12.1 Å². The van der Waals surface area contributed by atoms with Gasteiger partial charge >= 0.3 is 6.09 Å². The molecule has 1 aromatic carbocycles. The van der Waals surface area contributed by atoms with Crippen LogP contribution in [0.25, 0.3) is 0 Å². The molecule has 1 aromatic rings. The Labute approximate surface area is 179 Å². The predicted octanol–water partition coefficient (Wildman–Crippen LogP) is 2.20. The number of nitrogens with one attached hydrogen (secondary N) is 2. The Morgan fingerprint density at radius 1 is 1.20 bits per heavy atom. The van der Waals surface area contributed by atoms with Gasteiger partial charge in [0.1, 0.15) is 5.60 Å². The van der Waals surface area contributed by atoms with Crippen LogP contribution in [-0.4, -0.2) is 74.5 Å². The number of carbonyl (C=O) groups excluding carboxylic acids is 1. The molecule has 2 fully saturated rings. The predicted molar refractivity (Wildman–Crippen MR) is 119 cm³/mol. The van der Waals surface area contributed by atoms with Crippen LogP contribution in [0.4, 0.5) is 10.5 Å². The lowest BCUT2D eigenvalue weighted by Gasteiger charge is -2.40. The first-order valence-corrected chi connectivity index (χ1v) is 10.8.